The molecule has 0 bridgehead atoms. The molecule has 0 aromatic heterocycles. The Bertz CT molecular complexity index is 410. The molecule has 2 N–H and O–H groups in total. The number of benzene rings is 1. The van der Waals surface area contributed by atoms with Gasteiger partial charge in [-0.25, -0.2) is 0 Å². The second-order valence-electron chi connectivity index (χ2n) is 5.21. The SMILES string of the molecule is C[C@H](CSc1ccccc1)C(=O)N1CCC[C@@H](N)C1. The highest BCUT2D eigenvalue weighted by Crippen LogP contribution is 2.22. The summed E-state index contributed by atoms with van der Waals surface area (Å²) in [6, 6.07) is 10.4. The van der Waals surface area contributed by atoms with E-state index >= 15 is 0 Å². The zero-order chi connectivity index (χ0) is 13.7. The third kappa shape index (κ3) is 4.25. The van der Waals surface area contributed by atoms with Crippen LogP contribution in [0.5, 0.6) is 0 Å². The molecule has 19 heavy (non-hydrogen) atoms. The molecule has 4 heteroatoms. The van der Waals surface area contributed by atoms with Crippen LogP contribution < -0.4 is 5.73 Å². The first-order valence-electron chi connectivity index (χ1n) is 6.89. The quantitative estimate of drug-likeness (QED) is 0.860. The number of amides is 1. The molecule has 0 aliphatic carbocycles. The molecular weight excluding hydrogens is 256 g/mol. The topological polar surface area (TPSA) is 46.3 Å². The van der Waals surface area contributed by atoms with Gasteiger partial charge in [0, 0.05) is 35.7 Å². The maximum Gasteiger partial charge on any atom is 0.226 e. The first-order valence-corrected chi connectivity index (χ1v) is 7.87. The van der Waals surface area contributed by atoms with E-state index in [1.165, 1.54) is 4.90 Å². The van der Waals surface area contributed by atoms with Crippen molar-refractivity contribution in [2.45, 2.75) is 30.7 Å². The van der Waals surface area contributed by atoms with Crippen molar-refractivity contribution in [2.75, 3.05) is 18.8 Å². The van der Waals surface area contributed by atoms with Gasteiger partial charge in [-0.2, -0.15) is 0 Å². The van der Waals surface area contributed by atoms with Gasteiger partial charge in [0.05, 0.1) is 0 Å². The summed E-state index contributed by atoms with van der Waals surface area (Å²) >= 11 is 1.74. The number of nitrogens with two attached hydrogens (primary N) is 1. The summed E-state index contributed by atoms with van der Waals surface area (Å²) in [5.41, 5.74) is 5.93. The summed E-state index contributed by atoms with van der Waals surface area (Å²) in [6.07, 6.45) is 2.07. The Morgan fingerprint density at radius 3 is 2.89 bits per heavy atom. The van der Waals surface area contributed by atoms with E-state index in [1.54, 1.807) is 11.8 Å². The molecule has 1 aliphatic rings. The number of rotatable bonds is 4. The average Bonchev–Trinajstić information content (AvgIpc) is 2.45. The van der Waals surface area contributed by atoms with Crippen molar-refractivity contribution in [1.29, 1.82) is 0 Å². The van der Waals surface area contributed by atoms with Gasteiger partial charge in [-0.15, -0.1) is 11.8 Å². The van der Waals surface area contributed by atoms with Crippen molar-refractivity contribution in [3.63, 3.8) is 0 Å². The third-order valence-corrected chi connectivity index (χ3v) is 4.71. The monoisotopic (exact) mass is 278 g/mol. The molecule has 0 saturated carbocycles. The van der Waals surface area contributed by atoms with Crippen molar-refractivity contribution >= 4 is 17.7 Å². The molecule has 1 fully saturated rings. The Hall–Kier alpha value is -1.00. The number of hydrogen-bond donors (Lipinski definition) is 1. The summed E-state index contributed by atoms with van der Waals surface area (Å²) in [5.74, 6) is 1.13. The van der Waals surface area contributed by atoms with E-state index in [4.69, 9.17) is 5.73 Å². The maximum absolute atomic E-state index is 12.3. The van der Waals surface area contributed by atoms with E-state index in [0.717, 1.165) is 31.7 Å². The number of carbonyl (C=O) groups excluding carboxylic acids is 1. The molecular formula is C15H22N2OS. The maximum atomic E-state index is 12.3. The number of carbonyl (C=O) groups is 1. The molecule has 2 rings (SSSR count). The highest BCUT2D eigenvalue weighted by Gasteiger charge is 2.25. The van der Waals surface area contributed by atoms with Gasteiger partial charge in [-0.1, -0.05) is 25.1 Å². The highest BCUT2D eigenvalue weighted by molar-refractivity contribution is 7.99. The second kappa shape index (κ2) is 6.96. The second-order valence-corrected chi connectivity index (χ2v) is 6.31. The first-order chi connectivity index (χ1) is 9.16. The van der Waals surface area contributed by atoms with Crippen LogP contribution in [0.2, 0.25) is 0 Å². The molecule has 104 valence electrons. The lowest BCUT2D eigenvalue weighted by Gasteiger charge is -2.32. The van der Waals surface area contributed by atoms with Gasteiger partial charge in [-0.3, -0.25) is 4.79 Å². The number of nitrogens with zero attached hydrogens (tertiary/aromatic N) is 1. The normalized spacial score (nSPS) is 21.2. The molecule has 1 aromatic carbocycles. The van der Waals surface area contributed by atoms with Crippen molar-refractivity contribution in [1.82, 2.24) is 4.90 Å². The molecule has 3 nitrogen and oxygen atoms in total. The fraction of sp³-hybridized carbons (Fsp3) is 0.533. The van der Waals surface area contributed by atoms with Gasteiger partial charge in [0.15, 0.2) is 0 Å². The van der Waals surface area contributed by atoms with Crippen LogP contribution in [0.25, 0.3) is 0 Å². The minimum absolute atomic E-state index is 0.0514. The predicted octanol–water partition coefficient (Wildman–Crippen LogP) is 2.36. The van der Waals surface area contributed by atoms with Gasteiger partial charge in [0.2, 0.25) is 5.91 Å². The molecule has 1 aromatic rings. The van der Waals surface area contributed by atoms with Gasteiger partial charge in [0.25, 0.3) is 0 Å². The van der Waals surface area contributed by atoms with E-state index in [-0.39, 0.29) is 17.9 Å². The van der Waals surface area contributed by atoms with E-state index in [2.05, 4.69) is 12.1 Å². The lowest BCUT2D eigenvalue weighted by atomic mass is 10.0. The standard InChI is InChI=1S/C15H22N2OS/c1-12(11-19-14-7-3-2-4-8-14)15(18)17-9-5-6-13(16)10-17/h2-4,7-8,12-13H,5-6,9-11,16H2,1H3/t12-,13-/m1/s1. The summed E-state index contributed by atoms with van der Waals surface area (Å²) in [4.78, 5) is 15.5. The third-order valence-electron chi connectivity index (χ3n) is 3.43. The van der Waals surface area contributed by atoms with Crippen LogP contribution >= 0.6 is 11.8 Å². The van der Waals surface area contributed by atoms with Crippen molar-refractivity contribution < 1.29 is 4.79 Å². The van der Waals surface area contributed by atoms with E-state index in [0.29, 0.717) is 0 Å². The van der Waals surface area contributed by atoms with Crippen LogP contribution in [0.3, 0.4) is 0 Å². The Morgan fingerprint density at radius 1 is 1.47 bits per heavy atom. The zero-order valence-corrected chi connectivity index (χ0v) is 12.2. The first kappa shape index (κ1) is 14.4. The fourth-order valence-electron chi connectivity index (χ4n) is 2.33. The van der Waals surface area contributed by atoms with Crippen molar-refractivity contribution in [2.24, 2.45) is 11.7 Å². The van der Waals surface area contributed by atoms with E-state index in [1.807, 2.05) is 30.0 Å². The summed E-state index contributed by atoms with van der Waals surface area (Å²) in [7, 11) is 0. The lowest BCUT2D eigenvalue weighted by Crippen LogP contribution is -2.47. The Morgan fingerprint density at radius 2 is 2.21 bits per heavy atom. The van der Waals surface area contributed by atoms with Gasteiger partial charge < -0.3 is 10.6 Å². The Kier molecular flexibility index (Phi) is 5.28. The van der Waals surface area contributed by atoms with Gasteiger partial charge in [0.1, 0.15) is 0 Å². The van der Waals surface area contributed by atoms with Crippen molar-refractivity contribution in [3.05, 3.63) is 30.3 Å². The number of thioether (sulfide) groups is 1. The van der Waals surface area contributed by atoms with Crippen LogP contribution in [-0.2, 0) is 4.79 Å². The van der Waals surface area contributed by atoms with Crippen LogP contribution in [0.4, 0.5) is 0 Å². The minimum Gasteiger partial charge on any atom is -0.341 e. The average molecular weight is 278 g/mol. The van der Waals surface area contributed by atoms with Gasteiger partial charge in [-0.05, 0) is 25.0 Å². The molecule has 1 amide bonds. The molecule has 2 atom stereocenters. The van der Waals surface area contributed by atoms with Crippen LogP contribution in [-0.4, -0.2) is 35.7 Å². The smallest absolute Gasteiger partial charge is 0.226 e. The molecule has 0 spiro atoms. The van der Waals surface area contributed by atoms with Crippen LogP contribution in [0.15, 0.2) is 35.2 Å². The van der Waals surface area contributed by atoms with Crippen molar-refractivity contribution in [3.8, 4) is 0 Å². The molecule has 1 saturated heterocycles. The molecule has 1 heterocycles. The number of likely N-dealkylation sites (tertiary alicyclic amines) is 1. The molecule has 1 aliphatic heterocycles. The zero-order valence-electron chi connectivity index (χ0n) is 11.4. The number of piperidine rings is 1. The Labute approximate surface area is 119 Å². The predicted molar refractivity (Wildman–Crippen MR) is 80.1 cm³/mol. The van der Waals surface area contributed by atoms with Crippen LogP contribution in [0.1, 0.15) is 19.8 Å². The summed E-state index contributed by atoms with van der Waals surface area (Å²) in [6.45, 7) is 3.60. The fourth-order valence-corrected chi connectivity index (χ4v) is 3.27. The van der Waals surface area contributed by atoms with Gasteiger partial charge >= 0.3 is 0 Å². The Balaban J connectivity index is 1.82. The summed E-state index contributed by atoms with van der Waals surface area (Å²) < 4.78 is 0. The molecule has 0 unspecified atom stereocenters. The highest BCUT2D eigenvalue weighted by atomic mass is 32.2. The van der Waals surface area contributed by atoms with E-state index < -0.39 is 0 Å². The molecule has 0 radical (unpaired) electrons. The van der Waals surface area contributed by atoms with Crippen LogP contribution in [0, 0.1) is 5.92 Å². The largest absolute Gasteiger partial charge is 0.341 e. The number of hydrogen-bond acceptors (Lipinski definition) is 3. The minimum atomic E-state index is 0.0514. The van der Waals surface area contributed by atoms with E-state index in [9.17, 15) is 4.79 Å². The lowest BCUT2D eigenvalue weighted by molar-refractivity contribution is -0.135. The summed E-state index contributed by atoms with van der Waals surface area (Å²) in [5, 5.41) is 0.